The number of rotatable bonds is 3. The molecule has 30 heavy (non-hydrogen) atoms. The Hall–Kier alpha value is -2.79. The summed E-state index contributed by atoms with van der Waals surface area (Å²) in [7, 11) is -2.30. The highest BCUT2D eigenvalue weighted by molar-refractivity contribution is 7.91. The van der Waals surface area contributed by atoms with Crippen molar-refractivity contribution < 1.29 is 21.6 Å². The van der Waals surface area contributed by atoms with Crippen molar-refractivity contribution in [3.05, 3.63) is 41.2 Å². The van der Waals surface area contributed by atoms with E-state index in [9.17, 15) is 21.6 Å². The van der Waals surface area contributed by atoms with Gasteiger partial charge in [-0.25, -0.2) is 13.4 Å². The average Bonchev–Trinajstić information content (AvgIpc) is 3.02. The Morgan fingerprint density at radius 1 is 1.17 bits per heavy atom. The van der Waals surface area contributed by atoms with E-state index in [1.807, 2.05) is 0 Å². The first-order valence-electron chi connectivity index (χ1n) is 8.61. The zero-order valence-electron chi connectivity index (χ0n) is 15.6. The Bertz CT molecular complexity index is 1420. The lowest BCUT2D eigenvalue weighted by atomic mass is 10.1. The first kappa shape index (κ1) is 20.5. The van der Waals surface area contributed by atoms with Gasteiger partial charge in [0.05, 0.1) is 5.75 Å². The van der Waals surface area contributed by atoms with Crippen molar-refractivity contribution in [2.45, 2.75) is 18.0 Å². The van der Waals surface area contributed by atoms with Crippen molar-refractivity contribution in [2.24, 2.45) is 7.05 Å². The summed E-state index contributed by atoms with van der Waals surface area (Å²) in [6.45, 7) is 1.48. The molecule has 0 aliphatic carbocycles. The van der Waals surface area contributed by atoms with Gasteiger partial charge in [0.15, 0.2) is 27.0 Å². The molecule has 0 bridgehead atoms. The van der Waals surface area contributed by atoms with E-state index in [2.05, 4.69) is 20.2 Å². The minimum atomic E-state index is -4.69. The molecule has 0 amide bonds. The highest BCUT2D eigenvalue weighted by Gasteiger charge is 2.34. The number of fused-ring (bicyclic) bond motifs is 2. The van der Waals surface area contributed by atoms with Gasteiger partial charge in [-0.3, -0.25) is 4.98 Å². The number of sulfone groups is 1. The minimum absolute atomic E-state index is 0.000625. The Labute approximate surface area is 173 Å². The summed E-state index contributed by atoms with van der Waals surface area (Å²) in [5.41, 5.74) is -1.21. The molecule has 0 saturated carbocycles. The van der Waals surface area contributed by atoms with Gasteiger partial charge in [0, 0.05) is 35.1 Å². The number of halogens is 4. The van der Waals surface area contributed by atoms with Gasteiger partial charge in [0.1, 0.15) is 16.1 Å². The number of imidazole rings is 1. The molecule has 0 unspecified atom stereocenters. The molecule has 0 N–H and O–H groups in total. The fourth-order valence-corrected chi connectivity index (χ4v) is 4.52. The Morgan fingerprint density at radius 2 is 1.90 bits per heavy atom. The maximum Gasteiger partial charge on any atom is 0.435 e. The van der Waals surface area contributed by atoms with Crippen molar-refractivity contribution in [3.63, 3.8) is 0 Å². The van der Waals surface area contributed by atoms with Crippen LogP contribution in [0.4, 0.5) is 13.2 Å². The van der Waals surface area contributed by atoms with Gasteiger partial charge >= 0.3 is 6.18 Å². The predicted molar refractivity (Wildman–Crippen MR) is 105 cm³/mol. The van der Waals surface area contributed by atoms with E-state index in [1.165, 1.54) is 30.8 Å². The molecule has 3 aromatic heterocycles. The van der Waals surface area contributed by atoms with Crippen LogP contribution in [0.5, 0.6) is 0 Å². The number of nitrogens with zero attached hydrogens (tertiary/aromatic N) is 5. The van der Waals surface area contributed by atoms with E-state index in [0.29, 0.717) is 15.8 Å². The normalized spacial score (nSPS) is 12.7. The molecule has 1 aromatic carbocycles. The molecule has 3 heterocycles. The van der Waals surface area contributed by atoms with Crippen molar-refractivity contribution in [2.75, 3.05) is 5.75 Å². The molecule has 0 saturated heterocycles. The molecule has 0 aliphatic heterocycles. The van der Waals surface area contributed by atoms with Gasteiger partial charge in [-0.05, 0) is 12.1 Å². The monoisotopic (exact) mass is 455 g/mol. The predicted octanol–water partition coefficient (Wildman–Crippen LogP) is 4.04. The molecule has 0 radical (unpaired) electrons. The molecule has 4 aromatic rings. The zero-order valence-corrected chi connectivity index (χ0v) is 17.1. The first-order chi connectivity index (χ1) is 14.0. The number of aryl methyl sites for hydroxylation is 1. The number of alkyl halides is 3. The Morgan fingerprint density at radius 3 is 2.57 bits per heavy atom. The molecule has 0 fully saturated rings. The van der Waals surface area contributed by atoms with Crippen LogP contribution in [0.25, 0.3) is 33.5 Å². The summed E-state index contributed by atoms with van der Waals surface area (Å²) in [5, 5.41) is 8.05. The summed E-state index contributed by atoms with van der Waals surface area (Å²) in [4.78, 5) is 8.38. The van der Waals surface area contributed by atoms with E-state index < -0.39 is 21.7 Å². The van der Waals surface area contributed by atoms with Gasteiger partial charge in [0.25, 0.3) is 0 Å². The van der Waals surface area contributed by atoms with Gasteiger partial charge in [-0.2, -0.15) is 13.2 Å². The SMILES string of the molecule is CCS(=O)(=O)c1c(-c2nc3cc(C(F)(F)F)nnc3n2C)ncc2ccc(Cl)cc12. The van der Waals surface area contributed by atoms with Crippen LogP contribution in [0.2, 0.25) is 5.02 Å². The van der Waals surface area contributed by atoms with Crippen LogP contribution in [0, 0.1) is 0 Å². The molecule has 0 spiro atoms. The number of pyridine rings is 1. The van der Waals surface area contributed by atoms with Gasteiger partial charge in [-0.15, -0.1) is 10.2 Å². The number of hydrogen-bond donors (Lipinski definition) is 0. The number of benzene rings is 1. The van der Waals surface area contributed by atoms with Crippen molar-refractivity contribution in [1.29, 1.82) is 0 Å². The van der Waals surface area contributed by atoms with Gasteiger partial charge < -0.3 is 4.57 Å². The molecular formula is C18H13ClF3N5O2S. The maximum absolute atomic E-state index is 13.0. The Kier molecular flexibility index (Phi) is 4.70. The molecule has 156 valence electrons. The minimum Gasteiger partial charge on any atom is -0.309 e. The van der Waals surface area contributed by atoms with Crippen LogP contribution in [0.3, 0.4) is 0 Å². The van der Waals surface area contributed by atoms with E-state index >= 15 is 0 Å². The summed E-state index contributed by atoms with van der Waals surface area (Å²) in [5.74, 6) is -0.164. The van der Waals surface area contributed by atoms with Gasteiger partial charge in [-0.1, -0.05) is 24.6 Å². The summed E-state index contributed by atoms with van der Waals surface area (Å²) < 4.78 is 66.2. The van der Waals surface area contributed by atoms with Crippen molar-refractivity contribution in [1.82, 2.24) is 24.7 Å². The van der Waals surface area contributed by atoms with E-state index in [1.54, 1.807) is 12.1 Å². The third-order valence-electron chi connectivity index (χ3n) is 4.62. The van der Waals surface area contributed by atoms with Crippen molar-refractivity contribution in [3.8, 4) is 11.5 Å². The highest BCUT2D eigenvalue weighted by Crippen LogP contribution is 2.35. The van der Waals surface area contributed by atoms with Crippen LogP contribution in [0.1, 0.15) is 12.6 Å². The lowest BCUT2D eigenvalue weighted by Gasteiger charge is -2.12. The maximum atomic E-state index is 13.0. The summed E-state index contributed by atoms with van der Waals surface area (Å²) in [6, 6.07) is 5.52. The second kappa shape index (κ2) is 6.88. The van der Waals surface area contributed by atoms with Crippen LogP contribution < -0.4 is 0 Å². The number of hydrogen-bond acceptors (Lipinski definition) is 6. The molecule has 7 nitrogen and oxygen atoms in total. The molecule has 12 heteroatoms. The zero-order chi connectivity index (χ0) is 21.8. The lowest BCUT2D eigenvalue weighted by Crippen LogP contribution is -2.10. The van der Waals surface area contributed by atoms with E-state index in [0.717, 1.165) is 6.07 Å². The summed E-state index contributed by atoms with van der Waals surface area (Å²) >= 11 is 6.08. The van der Waals surface area contributed by atoms with Gasteiger partial charge in [0.2, 0.25) is 0 Å². The second-order valence-electron chi connectivity index (χ2n) is 6.50. The van der Waals surface area contributed by atoms with Crippen LogP contribution in [-0.2, 0) is 23.1 Å². The number of aromatic nitrogens is 5. The second-order valence-corrected chi connectivity index (χ2v) is 9.15. The smallest absolute Gasteiger partial charge is 0.309 e. The summed E-state index contributed by atoms with van der Waals surface area (Å²) in [6.07, 6.45) is -3.23. The van der Waals surface area contributed by atoms with E-state index in [4.69, 9.17) is 11.6 Å². The molecule has 0 atom stereocenters. The van der Waals surface area contributed by atoms with Crippen LogP contribution in [-0.4, -0.2) is 38.9 Å². The first-order valence-corrected chi connectivity index (χ1v) is 10.6. The topological polar surface area (TPSA) is 90.6 Å². The molecular weight excluding hydrogens is 443 g/mol. The molecule has 0 aliphatic rings. The standard InChI is InChI=1S/C18H13ClF3N5O2S/c1-3-30(28,29)15-11-6-10(19)5-4-9(11)8-23-14(15)17-24-12-7-13(18(20,21)22)25-26-16(12)27(17)2/h4-8H,3H2,1-2H3. The van der Waals surface area contributed by atoms with E-state index in [-0.39, 0.29) is 33.3 Å². The third kappa shape index (κ3) is 3.27. The molecule has 4 rings (SSSR count). The highest BCUT2D eigenvalue weighted by atomic mass is 35.5. The fourth-order valence-electron chi connectivity index (χ4n) is 3.11. The Balaban J connectivity index is 2.08. The fraction of sp³-hybridized carbons (Fsp3) is 0.222. The van der Waals surface area contributed by atoms with Crippen LogP contribution in [0.15, 0.2) is 35.4 Å². The third-order valence-corrected chi connectivity index (χ3v) is 6.65. The lowest BCUT2D eigenvalue weighted by molar-refractivity contribution is -0.141. The van der Waals surface area contributed by atoms with Crippen molar-refractivity contribution >= 4 is 43.4 Å². The van der Waals surface area contributed by atoms with Crippen LogP contribution >= 0.6 is 11.6 Å². The average molecular weight is 456 g/mol. The largest absolute Gasteiger partial charge is 0.435 e. The quantitative estimate of drug-likeness (QED) is 0.463.